The van der Waals surface area contributed by atoms with Crippen molar-refractivity contribution < 1.29 is 9.53 Å². The number of nitrogens with one attached hydrogen (secondary N) is 1. The number of carbonyl (C=O) groups is 1. The maximum atomic E-state index is 12.1. The summed E-state index contributed by atoms with van der Waals surface area (Å²) in [7, 11) is 3.49. The zero-order valence-electron chi connectivity index (χ0n) is 13.8. The van der Waals surface area contributed by atoms with Gasteiger partial charge in [-0.1, -0.05) is 12.1 Å². The zero-order valence-corrected chi connectivity index (χ0v) is 13.8. The van der Waals surface area contributed by atoms with Crippen molar-refractivity contribution in [1.29, 1.82) is 0 Å². The van der Waals surface area contributed by atoms with Crippen molar-refractivity contribution in [2.24, 2.45) is 7.05 Å². The van der Waals surface area contributed by atoms with Gasteiger partial charge in [-0.25, -0.2) is 0 Å². The molecule has 1 aliphatic rings. The van der Waals surface area contributed by atoms with Gasteiger partial charge in [-0.15, -0.1) is 0 Å². The van der Waals surface area contributed by atoms with Crippen LogP contribution in [0, 0.1) is 0 Å². The lowest BCUT2D eigenvalue weighted by atomic mass is 9.90. The van der Waals surface area contributed by atoms with E-state index in [1.54, 1.807) is 11.8 Å². The lowest BCUT2D eigenvalue weighted by molar-refractivity contribution is 0.0931. The Bertz CT molecular complexity index is 706. The molecule has 0 unspecified atom stereocenters. The number of carbonyl (C=O) groups excluding carboxylic acids is 1. The topological polar surface area (TPSA) is 56.1 Å². The second kappa shape index (κ2) is 6.96. The number of hydrogen-bond acceptors (Lipinski definition) is 3. The third kappa shape index (κ3) is 3.45. The van der Waals surface area contributed by atoms with Gasteiger partial charge in [0.25, 0.3) is 5.91 Å². The molecule has 0 saturated heterocycles. The van der Waals surface area contributed by atoms with Gasteiger partial charge in [0.05, 0.1) is 12.3 Å². The average molecular weight is 313 g/mol. The van der Waals surface area contributed by atoms with E-state index in [1.165, 1.54) is 30.4 Å². The molecule has 5 heteroatoms. The molecule has 1 aromatic carbocycles. The molecule has 0 atom stereocenters. The summed E-state index contributed by atoms with van der Waals surface area (Å²) in [6.45, 7) is 0.982. The van der Waals surface area contributed by atoms with Gasteiger partial charge in [0, 0.05) is 26.3 Å². The predicted octanol–water partition coefficient (Wildman–Crippen LogP) is 2.34. The highest BCUT2D eigenvalue weighted by Gasteiger charge is 2.15. The fourth-order valence-electron chi connectivity index (χ4n) is 3.10. The molecule has 1 aromatic heterocycles. The van der Waals surface area contributed by atoms with Gasteiger partial charge in [-0.2, -0.15) is 5.10 Å². The Morgan fingerprint density at radius 3 is 2.83 bits per heavy atom. The standard InChI is InChI=1S/C18H23N3O2/c1-21-17(12-16(20-21)18(22)19-9-10-23-2)15-8-7-13-5-3-4-6-14(13)11-15/h7-8,11-12H,3-6,9-10H2,1-2H3,(H,19,22). The van der Waals surface area contributed by atoms with Gasteiger partial charge in [0.1, 0.15) is 0 Å². The van der Waals surface area contributed by atoms with Crippen molar-refractivity contribution in [2.45, 2.75) is 25.7 Å². The van der Waals surface area contributed by atoms with Crippen molar-refractivity contribution in [3.8, 4) is 11.3 Å². The summed E-state index contributed by atoms with van der Waals surface area (Å²) in [4.78, 5) is 12.1. The van der Waals surface area contributed by atoms with Crippen molar-refractivity contribution in [1.82, 2.24) is 15.1 Å². The fourth-order valence-corrected chi connectivity index (χ4v) is 3.10. The predicted molar refractivity (Wildman–Crippen MR) is 89.5 cm³/mol. The Hall–Kier alpha value is -2.14. The third-order valence-electron chi connectivity index (χ3n) is 4.35. The molecule has 3 rings (SSSR count). The number of amides is 1. The molecule has 0 radical (unpaired) electrons. The number of fused-ring (bicyclic) bond motifs is 1. The van der Waals surface area contributed by atoms with E-state index in [1.807, 2.05) is 13.1 Å². The molecule has 0 saturated carbocycles. The Morgan fingerprint density at radius 2 is 2.04 bits per heavy atom. The van der Waals surface area contributed by atoms with Gasteiger partial charge in [-0.05, 0) is 48.9 Å². The van der Waals surface area contributed by atoms with Gasteiger partial charge in [0.15, 0.2) is 5.69 Å². The van der Waals surface area contributed by atoms with E-state index in [-0.39, 0.29) is 5.91 Å². The van der Waals surface area contributed by atoms with Crippen LogP contribution in [0.2, 0.25) is 0 Å². The number of aryl methyl sites for hydroxylation is 3. The van der Waals surface area contributed by atoms with Gasteiger partial charge >= 0.3 is 0 Å². The monoisotopic (exact) mass is 313 g/mol. The van der Waals surface area contributed by atoms with Crippen LogP contribution < -0.4 is 5.32 Å². The highest BCUT2D eigenvalue weighted by molar-refractivity contribution is 5.93. The third-order valence-corrected chi connectivity index (χ3v) is 4.35. The van der Waals surface area contributed by atoms with Gasteiger partial charge < -0.3 is 10.1 Å². The van der Waals surface area contributed by atoms with E-state index in [0.717, 1.165) is 17.7 Å². The smallest absolute Gasteiger partial charge is 0.271 e. The van der Waals surface area contributed by atoms with E-state index in [2.05, 4.69) is 28.6 Å². The number of methoxy groups -OCH3 is 1. The summed E-state index contributed by atoms with van der Waals surface area (Å²) < 4.78 is 6.71. The van der Waals surface area contributed by atoms with Crippen LogP contribution in [0.1, 0.15) is 34.5 Å². The van der Waals surface area contributed by atoms with Crippen molar-refractivity contribution in [3.05, 3.63) is 41.1 Å². The van der Waals surface area contributed by atoms with Crippen LogP contribution in [0.25, 0.3) is 11.3 Å². The summed E-state index contributed by atoms with van der Waals surface area (Å²) >= 11 is 0. The molecule has 23 heavy (non-hydrogen) atoms. The largest absolute Gasteiger partial charge is 0.383 e. The highest BCUT2D eigenvalue weighted by Crippen LogP contribution is 2.27. The SMILES string of the molecule is COCCNC(=O)c1cc(-c2ccc3c(c2)CCCC3)n(C)n1. The minimum Gasteiger partial charge on any atom is -0.383 e. The lowest BCUT2D eigenvalue weighted by Crippen LogP contribution is -2.27. The number of benzene rings is 1. The van der Waals surface area contributed by atoms with E-state index < -0.39 is 0 Å². The molecule has 1 N–H and O–H groups in total. The van der Waals surface area contributed by atoms with Gasteiger partial charge in [0.2, 0.25) is 0 Å². The molecule has 5 nitrogen and oxygen atoms in total. The molecule has 2 aromatic rings. The second-order valence-electron chi connectivity index (χ2n) is 5.98. The maximum Gasteiger partial charge on any atom is 0.271 e. The molecule has 1 heterocycles. The van der Waals surface area contributed by atoms with Crippen LogP contribution in [-0.4, -0.2) is 35.9 Å². The Labute approximate surface area is 136 Å². The number of nitrogens with zero attached hydrogens (tertiary/aromatic N) is 2. The molecular formula is C18H23N3O2. The van der Waals surface area contributed by atoms with Crippen molar-refractivity contribution >= 4 is 5.91 Å². The fraction of sp³-hybridized carbons (Fsp3) is 0.444. The van der Waals surface area contributed by atoms with E-state index in [0.29, 0.717) is 18.8 Å². The number of hydrogen-bond donors (Lipinski definition) is 1. The number of aromatic nitrogens is 2. The van der Waals surface area contributed by atoms with Crippen LogP contribution in [0.3, 0.4) is 0 Å². The van der Waals surface area contributed by atoms with Crippen LogP contribution in [0.5, 0.6) is 0 Å². The van der Waals surface area contributed by atoms with Crippen molar-refractivity contribution in [3.63, 3.8) is 0 Å². The van der Waals surface area contributed by atoms with E-state index in [4.69, 9.17) is 4.74 Å². The summed E-state index contributed by atoms with van der Waals surface area (Å²) in [6.07, 6.45) is 4.86. The molecule has 0 fully saturated rings. The first kappa shape index (κ1) is 15.7. The molecule has 1 amide bonds. The first-order valence-corrected chi connectivity index (χ1v) is 8.12. The van der Waals surface area contributed by atoms with Crippen molar-refractivity contribution in [2.75, 3.05) is 20.3 Å². The Kier molecular flexibility index (Phi) is 4.76. The van der Waals surface area contributed by atoms with Gasteiger partial charge in [-0.3, -0.25) is 9.48 Å². The second-order valence-corrected chi connectivity index (χ2v) is 5.98. The first-order chi connectivity index (χ1) is 11.2. The number of ether oxygens (including phenoxy) is 1. The first-order valence-electron chi connectivity index (χ1n) is 8.12. The molecule has 0 spiro atoms. The van der Waals surface area contributed by atoms with Crippen LogP contribution in [0.15, 0.2) is 24.3 Å². The summed E-state index contributed by atoms with van der Waals surface area (Å²) in [5.41, 5.74) is 5.42. The average Bonchev–Trinajstić information content (AvgIpc) is 2.96. The van der Waals surface area contributed by atoms with Crippen LogP contribution in [0.4, 0.5) is 0 Å². The molecule has 122 valence electrons. The molecule has 0 bridgehead atoms. The van der Waals surface area contributed by atoms with Crippen LogP contribution in [-0.2, 0) is 24.6 Å². The molecular weight excluding hydrogens is 290 g/mol. The lowest BCUT2D eigenvalue weighted by Gasteiger charge is -2.16. The quantitative estimate of drug-likeness (QED) is 0.862. The van der Waals surface area contributed by atoms with E-state index >= 15 is 0 Å². The zero-order chi connectivity index (χ0) is 16.2. The molecule has 1 aliphatic carbocycles. The normalized spacial score (nSPS) is 13.7. The maximum absolute atomic E-state index is 12.1. The summed E-state index contributed by atoms with van der Waals surface area (Å²) in [6, 6.07) is 8.45. The molecule has 0 aliphatic heterocycles. The highest BCUT2D eigenvalue weighted by atomic mass is 16.5. The van der Waals surface area contributed by atoms with E-state index in [9.17, 15) is 4.79 Å². The summed E-state index contributed by atoms with van der Waals surface area (Å²) in [5, 5.41) is 7.14. The van der Waals surface area contributed by atoms with Crippen LogP contribution >= 0.6 is 0 Å². The number of rotatable bonds is 5. The Balaban J connectivity index is 1.82. The Morgan fingerprint density at radius 1 is 1.26 bits per heavy atom. The minimum absolute atomic E-state index is 0.165. The summed E-state index contributed by atoms with van der Waals surface area (Å²) in [5.74, 6) is -0.165. The minimum atomic E-state index is -0.165.